The van der Waals surface area contributed by atoms with Crippen molar-refractivity contribution in [2.75, 3.05) is 39.3 Å². The van der Waals surface area contributed by atoms with Crippen molar-refractivity contribution < 1.29 is 10.0 Å². The van der Waals surface area contributed by atoms with Gasteiger partial charge in [-0.15, -0.1) is 0 Å². The smallest absolute Gasteiger partial charge is 0.269 e. The van der Waals surface area contributed by atoms with Crippen LogP contribution in [0, 0.1) is 10.1 Å². The van der Waals surface area contributed by atoms with Crippen LogP contribution in [0.5, 0.6) is 0 Å². The van der Waals surface area contributed by atoms with Gasteiger partial charge in [0.05, 0.1) is 13.1 Å². The predicted octanol–water partition coefficient (Wildman–Crippen LogP) is 0.0401. The van der Waals surface area contributed by atoms with E-state index in [-0.39, 0.29) is 11.0 Å². The fraction of sp³-hybridized carbons (Fsp3) is 1.00. The average molecular weight is 245 g/mol. The third-order valence-corrected chi connectivity index (χ3v) is 3.58. The maximum absolute atomic E-state index is 11.3. The first kappa shape index (κ1) is 14.3. The third-order valence-electron chi connectivity index (χ3n) is 3.58. The molecule has 1 unspecified atom stereocenters. The minimum absolute atomic E-state index is 0.262. The molecule has 0 bridgehead atoms. The summed E-state index contributed by atoms with van der Waals surface area (Å²) >= 11 is 0. The van der Waals surface area contributed by atoms with Gasteiger partial charge in [-0.2, -0.15) is 0 Å². The van der Waals surface area contributed by atoms with Crippen molar-refractivity contribution in [3.63, 3.8) is 0 Å². The Kier molecular flexibility index (Phi) is 4.85. The number of aliphatic hydroxyl groups is 1. The maximum atomic E-state index is 11.3. The Morgan fingerprint density at radius 2 is 2.06 bits per heavy atom. The average Bonchev–Trinajstić information content (AvgIpc) is 2.49. The molecule has 6 heteroatoms. The molecular formula is C11H23N3O3. The largest absolute Gasteiger partial charge is 0.389 e. The van der Waals surface area contributed by atoms with Crippen LogP contribution >= 0.6 is 0 Å². The van der Waals surface area contributed by atoms with Gasteiger partial charge in [0, 0.05) is 24.1 Å². The summed E-state index contributed by atoms with van der Waals surface area (Å²) in [7, 11) is 0. The lowest BCUT2D eigenvalue weighted by atomic mass is 10.00. The lowest BCUT2D eigenvalue weighted by Crippen LogP contribution is -2.56. The summed E-state index contributed by atoms with van der Waals surface area (Å²) in [5.41, 5.74) is -1.24. The molecule has 1 N–H and O–H groups in total. The van der Waals surface area contributed by atoms with Crippen molar-refractivity contribution in [1.29, 1.82) is 0 Å². The van der Waals surface area contributed by atoms with E-state index in [1.165, 1.54) is 0 Å². The van der Waals surface area contributed by atoms with Crippen molar-refractivity contribution in [2.45, 2.75) is 32.4 Å². The zero-order chi connectivity index (χ0) is 13.1. The highest BCUT2D eigenvalue weighted by atomic mass is 16.6. The minimum atomic E-state index is -1.24. The SMILES string of the molecule is CCN1CCN(C(C)C)CC(CO)([N+](=O)[O-])C1. The van der Waals surface area contributed by atoms with E-state index in [2.05, 4.69) is 4.90 Å². The van der Waals surface area contributed by atoms with Gasteiger partial charge < -0.3 is 5.11 Å². The first-order valence-corrected chi connectivity index (χ1v) is 6.17. The molecule has 0 saturated carbocycles. The van der Waals surface area contributed by atoms with Gasteiger partial charge in [-0.1, -0.05) is 6.92 Å². The second-order valence-electron chi connectivity index (χ2n) is 5.07. The molecule has 1 aliphatic rings. The van der Waals surface area contributed by atoms with Crippen LogP contribution in [0.4, 0.5) is 0 Å². The van der Waals surface area contributed by atoms with Gasteiger partial charge in [0.2, 0.25) is 0 Å². The topological polar surface area (TPSA) is 69.8 Å². The van der Waals surface area contributed by atoms with Crippen molar-refractivity contribution >= 4 is 0 Å². The zero-order valence-electron chi connectivity index (χ0n) is 10.9. The van der Waals surface area contributed by atoms with E-state index in [0.29, 0.717) is 13.1 Å². The molecule has 6 nitrogen and oxygen atoms in total. The lowest BCUT2D eigenvalue weighted by molar-refractivity contribution is -0.573. The van der Waals surface area contributed by atoms with Gasteiger partial charge in [-0.3, -0.25) is 19.9 Å². The first-order valence-electron chi connectivity index (χ1n) is 6.17. The van der Waals surface area contributed by atoms with Gasteiger partial charge in [0.15, 0.2) is 0 Å². The van der Waals surface area contributed by atoms with Crippen LogP contribution in [0.2, 0.25) is 0 Å². The molecule has 1 atom stereocenters. The Morgan fingerprint density at radius 1 is 1.41 bits per heavy atom. The molecule has 1 saturated heterocycles. The molecule has 0 amide bonds. The molecule has 0 aromatic carbocycles. The van der Waals surface area contributed by atoms with Crippen LogP contribution in [0.15, 0.2) is 0 Å². The Bertz CT molecular complexity index is 273. The summed E-state index contributed by atoms with van der Waals surface area (Å²) in [6.45, 7) is 8.73. The monoisotopic (exact) mass is 245 g/mol. The molecule has 0 aromatic rings. The second-order valence-corrected chi connectivity index (χ2v) is 5.07. The molecule has 0 radical (unpaired) electrons. The highest BCUT2D eigenvalue weighted by Crippen LogP contribution is 2.19. The van der Waals surface area contributed by atoms with Gasteiger partial charge in [-0.05, 0) is 20.4 Å². The molecular weight excluding hydrogens is 222 g/mol. The first-order chi connectivity index (χ1) is 7.95. The number of nitro groups is 1. The van der Waals surface area contributed by atoms with E-state index in [1.54, 1.807) is 0 Å². The van der Waals surface area contributed by atoms with Crippen LogP contribution in [0.1, 0.15) is 20.8 Å². The summed E-state index contributed by atoms with van der Waals surface area (Å²) in [6.07, 6.45) is 0. The Morgan fingerprint density at radius 3 is 2.47 bits per heavy atom. The standard InChI is InChI=1S/C11H23N3O3/c1-4-12-5-6-13(10(2)3)8-11(7-12,9-15)14(16)17/h10,15H,4-9H2,1-3H3. The molecule has 1 heterocycles. The van der Waals surface area contributed by atoms with Gasteiger partial charge in [-0.25, -0.2) is 0 Å². The molecule has 17 heavy (non-hydrogen) atoms. The summed E-state index contributed by atoms with van der Waals surface area (Å²) in [5.74, 6) is 0. The van der Waals surface area contributed by atoms with Crippen molar-refractivity contribution in [2.24, 2.45) is 0 Å². The molecule has 0 spiro atoms. The normalized spacial score (nSPS) is 28.3. The summed E-state index contributed by atoms with van der Waals surface area (Å²) < 4.78 is 0. The van der Waals surface area contributed by atoms with Gasteiger partial charge in [0.1, 0.15) is 6.61 Å². The molecule has 1 aliphatic heterocycles. The maximum Gasteiger partial charge on any atom is 0.269 e. The van der Waals surface area contributed by atoms with E-state index < -0.39 is 12.1 Å². The highest BCUT2D eigenvalue weighted by Gasteiger charge is 2.47. The number of hydrogen-bond donors (Lipinski definition) is 1. The van der Waals surface area contributed by atoms with Gasteiger partial charge >= 0.3 is 0 Å². The van der Waals surface area contributed by atoms with Crippen LogP contribution in [-0.2, 0) is 0 Å². The zero-order valence-corrected chi connectivity index (χ0v) is 10.9. The number of hydrogen-bond acceptors (Lipinski definition) is 5. The number of aliphatic hydroxyl groups excluding tert-OH is 1. The molecule has 100 valence electrons. The van der Waals surface area contributed by atoms with E-state index in [1.807, 2.05) is 25.7 Å². The summed E-state index contributed by atoms with van der Waals surface area (Å²) in [6, 6.07) is 0.262. The van der Waals surface area contributed by atoms with Crippen molar-refractivity contribution in [1.82, 2.24) is 9.80 Å². The van der Waals surface area contributed by atoms with E-state index in [9.17, 15) is 15.2 Å². The molecule has 0 aliphatic carbocycles. The number of nitrogens with zero attached hydrogens (tertiary/aromatic N) is 3. The second kappa shape index (κ2) is 5.75. The van der Waals surface area contributed by atoms with Crippen LogP contribution in [0.25, 0.3) is 0 Å². The summed E-state index contributed by atoms with van der Waals surface area (Å²) in [4.78, 5) is 15.1. The van der Waals surface area contributed by atoms with Crippen molar-refractivity contribution in [3.8, 4) is 0 Å². The third kappa shape index (κ3) is 3.14. The fourth-order valence-electron chi connectivity index (χ4n) is 2.26. The molecule has 1 fully saturated rings. The van der Waals surface area contributed by atoms with E-state index >= 15 is 0 Å². The van der Waals surface area contributed by atoms with E-state index in [0.717, 1.165) is 19.6 Å². The Hall–Kier alpha value is -0.720. The lowest BCUT2D eigenvalue weighted by Gasteiger charge is -2.30. The van der Waals surface area contributed by atoms with Crippen molar-refractivity contribution in [3.05, 3.63) is 10.1 Å². The van der Waals surface area contributed by atoms with Crippen LogP contribution in [0.3, 0.4) is 0 Å². The summed E-state index contributed by atoms with van der Waals surface area (Å²) in [5, 5.41) is 20.7. The number of rotatable bonds is 4. The molecule has 1 rings (SSSR count). The Balaban J connectivity index is 2.94. The minimum Gasteiger partial charge on any atom is -0.389 e. The Labute approximate surface area is 102 Å². The van der Waals surface area contributed by atoms with Gasteiger partial charge in [0.25, 0.3) is 5.54 Å². The predicted molar refractivity (Wildman–Crippen MR) is 65.6 cm³/mol. The fourth-order valence-corrected chi connectivity index (χ4v) is 2.26. The van der Waals surface area contributed by atoms with E-state index in [4.69, 9.17) is 0 Å². The molecule has 0 aromatic heterocycles. The number of likely N-dealkylation sites (N-methyl/N-ethyl adjacent to an activating group) is 1. The van der Waals surface area contributed by atoms with Crippen LogP contribution in [-0.4, -0.2) is 70.7 Å². The highest BCUT2D eigenvalue weighted by molar-refractivity contribution is 4.90. The quantitative estimate of drug-likeness (QED) is 0.559. The van der Waals surface area contributed by atoms with Crippen LogP contribution < -0.4 is 0 Å².